The van der Waals surface area contributed by atoms with Gasteiger partial charge in [-0.2, -0.15) is 0 Å². The van der Waals surface area contributed by atoms with Crippen LogP contribution in [0.2, 0.25) is 5.02 Å². The average molecular weight is 366 g/mol. The van der Waals surface area contributed by atoms with Gasteiger partial charge in [-0.15, -0.1) is 0 Å². The highest BCUT2D eigenvalue weighted by atomic mass is 35.5. The monoisotopic (exact) mass is 365 g/mol. The number of rotatable bonds is 4. The number of halogens is 1. The normalized spacial score (nSPS) is 9.96. The minimum absolute atomic E-state index is 0.149. The van der Waals surface area contributed by atoms with Gasteiger partial charge in [0.2, 0.25) is 0 Å². The Kier molecular flexibility index (Phi) is 5.25. The molecule has 0 aromatic heterocycles. The molecular weight excluding hydrogens is 358 g/mol. The third-order valence-corrected chi connectivity index (χ3v) is 3.24. The molecule has 0 saturated heterocycles. The van der Waals surface area contributed by atoms with Crippen molar-refractivity contribution in [1.82, 2.24) is 0 Å². The van der Waals surface area contributed by atoms with E-state index in [2.05, 4.69) is 10.1 Å². The number of nitrogens with one attached hydrogen (secondary N) is 1. The van der Waals surface area contributed by atoms with Gasteiger partial charge in [-0.1, -0.05) is 29.8 Å². The van der Waals surface area contributed by atoms with Crippen LogP contribution < -0.4 is 5.32 Å². The summed E-state index contributed by atoms with van der Waals surface area (Å²) in [5.41, 5.74) is -2.54. The molecule has 2 aromatic carbocycles. The number of amides is 1. The summed E-state index contributed by atoms with van der Waals surface area (Å²) in [6, 6.07) is 8.95. The quantitative estimate of drug-likeness (QED) is 0.377. The lowest BCUT2D eigenvalue weighted by atomic mass is 10.1. The van der Waals surface area contributed by atoms with Gasteiger partial charge in [-0.3, -0.25) is 25.5 Å². The van der Waals surface area contributed by atoms with Crippen molar-refractivity contribution in [1.29, 1.82) is 0 Å². The predicted octanol–water partition coefficient (Wildman–Crippen LogP) is 3.55. The molecule has 0 heterocycles. The van der Waals surface area contributed by atoms with Crippen molar-refractivity contribution < 1.29 is 24.2 Å². The van der Waals surface area contributed by atoms with Crippen LogP contribution in [0.1, 0.15) is 10.4 Å². The largest absolute Gasteiger partial charge is 0.419 e. The lowest BCUT2D eigenvalue weighted by Crippen LogP contribution is -2.19. The van der Waals surface area contributed by atoms with Crippen molar-refractivity contribution in [3.63, 3.8) is 0 Å². The van der Waals surface area contributed by atoms with E-state index in [4.69, 9.17) is 11.6 Å². The Morgan fingerprint density at radius 1 is 1.00 bits per heavy atom. The first kappa shape index (κ1) is 17.8. The lowest BCUT2D eigenvalue weighted by Gasteiger charge is -2.07. The first-order chi connectivity index (χ1) is 11.8. The van der Waals surface area contributed by atoms with Crippen molar-refractivity contribution in [2.45, 2.75) is 0 Å². The van der Waals surface area contributed by atoms with Gasteiger partial charge < -0.3 is 4.74 Å². The Labute approximate surface area is 144 Å². The maximum Gasteiger partial charge on any atom is 0.419 e. The SMILES string of the molecule is O=C(Nc1ccccc1Cl)OC(=O)c1cccc([N+](=O)[O-])c1[N+](=O)[O-]. The van der Waals surface area contributed by atoms with Crippen molar-refractivity contribution >= 4 is 40.7 Å². The average Bonchev–Trinajstić information content (AvgIpc) is 2.56. The molecule has 11 heteroatoms. The van der Waals surface area contributed by atoms with E-state index in [1.807, 2.05) is 0 Å². The van der Waals surface area contributed by atoms with Crippen molar-refractivity contribution in [3.8, 4) is 0 Å². The van der Waals surface area contributed by atoms with E-state index in [0.717, 1.165) is 18.2 Å². The minimum atomic E-state index is -1.42. The van der Waals surface area contributed by atoms with Crippen LogP contribution in [-0.4, -0.2) is 21.9 Å². The standard InChI is InChI=1S/C14H8ClN3O7/c15-9-5-1-2-6-10(9)16-14(20)25-13(19)8-4-3-7-11(17(21)22)12(8)18(23)24/h1-7H,(H,16,20). The molecule has 0 aliphatic heterocycles. The number of anilines is 1. The number of hydrogen-bond acceptors (Lipinski definition) is 7. The van der Waals surface area contributed by atoms with Crippen LogP contribution >= 0.6 is 11.6 Å². The summed E-state index contributed by atoms with van der Waals surface area (Å²) in [5.74, 6) is -1.42. The van der Waals surface area contributed by atoms with Gasteiger partial charge in [-0.25, -0.2) is 9.59 Å². The Bertz CT molecular complexity index is 884. The van der Waals surface area contributed by atoms with Crippen LogP contribution in [0, 0.1) is 20.2 Å². The van der Waals surface area contributed by atoms with Gasteiger partial charge in [0.15, 0.2) is 0 Å². The fraction of sp³-hybridized carbons (Fsp3) is 0. The summed E-state index contributed by atoms with van der Waals surface area (Å²) in [6.45, 7) is 0. The van der Waals surface area contributed by atoms with E-state index in [1.54, 1.807) is 12.1 Å². The number of esters is 1. The molecule has 25 heavy (non-hydrogen) atoms. The second kappa shape index (κ2) is 7.36. The molecule has 0 aliphatic carbocycles. The first-order valence-corrected chi connectivity index (χ1v) is 6.88. The molecule has 1 N–H and O–H groups in total. The number of para-hydroxylation sites is 2. The Hall–Kier alpha value is -3.53. The molecule has 128 valence electrons. The zero-order valence-electron chi connectivity index (χ0n) is 12.2. The molecule has 0 bridgehead atoms. The summed E-state index contributed by atoms with van der Waals surface area (Å²) in [5, 5.41) is 24.3. The smallest absolute Gasteiger partial charge is 0.372 e. The van der Waals surface area contributed by atoms with E-state index in [9.17, 15) is 29.8 Å². The number of nitrogens with zero attached hydrogens (tertiary/aromatic N) is 2. The van der Waals surface area contributed by atoms with Gasteiger partial charge in [0.05, 0.1) is 20.6 Å². The zero-order chi connectivity index (χ0) is 18.6. The molecule has 0 radical (unpaired) electrons. The van der Waals surface area contributed by atoms with Crippen LogP contribution in [0.3, 0.4) is 0 Å². The maximum atomic E-state index is 12.0. The van der Waals surface area contributed by atoms with Crippen LogP contribution in [0.5, 0.6) is 0 Å². The number of carbonyl (C=O) groups excluding carboxylic acids is 2. The lowest BCUT2D eigenvalue weighted by molar-refractivity contribution is -0.422. The molecule has 0 fully saturated rings. The van der Waals surface area contributed by atoms with Gasteiger partial charge in [0.25, 0.3) is 0 Å². The molecule has 0 atom stereocenters. The highest BCUT2D eigenvalue weighted by Gasteiger charge is 2.33. The number of ether oxygens (including phenoxy) is 1. The highest BCUT2D eigenvalue weighted by molar-refractivity contribution is 6.33. The molecule has 10 nitrogen and oxygen atoms in total. The van der Waals surface area contributed by atoms with Gasteiger partial charge in [0, 0.05) is 6.07 Å². The number of nitro benzene ring substituents is 2. The minimum Gasteiger partial charge on any atom is -0.372 e. The van der Waals surface area contributed by atoms with Crippen molar-refractivity contribution in [2.75, 3.05) is 5.32 Å². The third-order valence-electron chi connectivity index (χ3n) is 2.91. The fourth-order valence-electron chi connectivity index (χ4n) is 1.87. The van der Waals surface area contributed by atoms with Crippen LogP contribution in [0.25, 0.3) is 0 Å². The van der Waals surface area contributed by atoms with Crippen molar-refractivity contribution in [3.05, 3.63) is 73.3 Å². The Morgan fingerprint density at radius 3 is 2.28 bits per heavy atom. The second-order valence-electron chi connectivity index (χ2n) is 4.47. The second-order valence-corrected chi connectivity index (χ2v) is 4.88. The van der Waals surface area contributed by atoms with Gasteiger partial charge in [-0.05, 0) is 18.2 Å². The predicted molar refractivity (Wildman–Crippen MR) is 85.6 cm³/mol. The van der Waals surface area contributed by atoms with Gasteiger partial charge >= 0.3 is 23.4 Å². The molecule has 0 spiro atoms. The number of nitro groups is 2. The van der Waals surface area contributed by atoms with E-state index >= 15 is 0 Å². The molecule has 2 rings (SSSR count). The van der Waals surface area contributed by atoms with E-state index < -0.39 is 38.8 Å². The van der Waals surface area contributed by atoms with Crippen LogP contribution in [0.4, 0.5) is 21.9 Å². The molecule has 2 aromatic rings. The van der Waals surface area contributed by atoms with E-state index in [-0.39, 0.29) is 10.7 Å². The summed E-state index contributed by atoms with van der Waals surface area (Å²) >= 11 is 5.82. The highest BCUT2D eigenvalue weighted by Crippen LogP contribution is 2.31. The number of hydrogen-bond donors (Lipinski definition) is 1. The first-order valence-electron chi connectivity index (χ1n) is 6.50. The Morgan fingerprint density at radius 2 is 1.68 bits per heavy atom. The molecule has 0 saturated carbocycles. The topological polar surface area (TPSA) is 142 Å². The summed E-state index contributed by atoms with van der Waals surface area (Å²) < 4.78 is 4.45. The van der Waals surface area contributed by atoms with Crippen molar-refractivity contribution in [2.24, 2.45) is 0 Å². The van der Waals surface area contributed by atoms with Gasteiger partial charge in [0.1, 0.15) is 5.56 Å². The molecule has 0 unspecified atom stereocenters. The molecular formula is C14H8ClN3O7. The molecule has 0 aliphatic rings. The zero-order valence-corrected chi connectivity index (χ0v) is 12.9. The number of carbonyl (C=O) groups is 2. The molecule has 1 amide bonds. The number of benzene rings is 2. The van der Waals surface area contributed by atoms with E-state index in [0.29, 0.717) is 0 Å². The summed E-state index contributed by atoms with van der Waals surface area (Å²) in [7, 11) is 0. The van der Waals surface area contributed by atoms with E-state index in [1.165, 1.54) is 12.1 Å². The van der Waals surface area contributed by atoms with Crippen LogP contribution in [0.15, 0.2) is 42.5 Å². The maximum absolute atomic E-state index is 12.0. The van der Waals surface area contributed by atoms with Crippen LogP contribution in [-0.2, 0) is 4.74 Å². The summed E-state index contributed by atoms with van der Waals surface area (Å²) in [6.07, 6.45) is -1.25. The summed E-state index contributed by atoms with van der Waals surface area (Å²) in [4.78, 5) is 43.5. The Balaban J connectivity index is 2.25. The fourth-order valence-corrected chi connectivity index (χ4v) is 2.06. The third kappa shape index (κ3) is 4.06.